The number of aromatic nitrogens is 3. The molecule has 4 rings (SSSR count). The van der Waals surface area contributed by atoms with Gasteiger partial charge in [-0.15, -0.1) is 11.3 Å². The predicted molar refractivity (Wildman–Crippen MR) is 125 cm³/mol. The van der Waals surface area contributed by atoms with E-state index in [0.29, 0.717) is 5.69 Å². The van der Waals surface area contributed by atoms with Gasteiger partial charge in [-0.05, 0) is 38.2 Å². The number of nitrogens with zero attached hydrogens (tertiary/aromatic N) is 4. The molecule has 0 aliphatic heterocycles. The zero-order chi connectivity index (χ0) is 21.6. The Morgan fingerprint density at radius 3 is 2.52 bits per heavy atom. The standard InChI is InChI=1S/C24H25N5OS/c1-28(2)16-20(13-18-9-5-3-6-10-18)26-23(30)22-17-31-24(27-22)19-14-25-29(15-19)21-11-7-4-8-12-21/h3-12,14-15,17,20H,13,16H2,1-2H3,(H,26,30). The molecule has 1 N–H and O–H groups in total. The fraction of sp³-hybridized carbons (Fsp3) is 0.208. The maximum absolute atomic E-state index is 12.9. The number of likely N-dealkylation sites (N-methyl/N-ethyl adjacent to an activating group) is 1. The molecule has 2 heterocycles. The van der Waals surface area contributed by atoms with Crippen LogP contribution < -0.4 is 5.32 Å². The summed E-state index contributed by atoms with van der Waals surface area (Å²) >= 11 is 1.45. The van der Waals surface area contributed by atoms with Gasteiger partial charge < -0.3 is 10.2 Å². The fourth-order valence-corrected chi connectivity index (χ4v) is 4.20. The molecule has 0 aliphatic rings. The fourth-order valence-electron chi connectivity index (χ4n) is 3.43. The SMILES string of the molecule is CN(C)CC(Cc1ccccc1)NC(=O)c1csc(-c2cnn(-c3ccccc3)c2)n1. The van der Waals surface area contributed by atoms with Gasteiger partial charge in [0.1, 0.15) is 10.7 Å². The van der Waals surface area contributed by atoms with E-state index < -0.39 is 0 Å². The van der Waals surface area contributed by atoms with E-state index in [2.05, 4.69) is 32.4 Å². The molecule has 0 spiro atoms. The Morgan fingerprint density at radius 2 is 1.81 bits per heavy atom. The van der Waals surface area contributed by atoms with Crippen LogP contribution >= 0.6 is 11.3 Å². The van der Waals surface area contributed by atoms with E-state index in [1.807, 2.05) is 73.5 Å². The van der Waals surface area contributed by atoms with Crippen molar-refractivity contribution in [3.05, 3.63) is 89.7 Å². The van der Waals surface area contributed by atoms with Crippen LogP contribution in [0.25, 0.3) is 16.3 Å². The Hall–Kier alpha value is -3.29. The highest BCUT2D eigenvalue weighted by molar-refractivity contribution is 7.13. The van der Waals surface area contributed by atoms with Gasteiger partial charge in [0.2, 0.25) is 0 Å². The van der Waals surface area contributed by atoms with Crippen LogP contribution in [0.15, 0.2) is 78.4 Å². The molecule has 0 fully saturated rings. The van der Waals surface area contributed by atoms with Crippen molar-refractivity contribution in [2.45, 2.75) is 12.5 Å². The van der Waals surface area contributed by atoms with E-state index in [1.165, 1.54) is 16.9 Å². The molecule has 7 heteroatoms. The van der Waals surface area contributed by atoms with E-state index in [4.69, 9.17) is 0 Å². The smallest absolute Gasteiger partial charge is 0.271 e. The molecule has 2 aromatic heterocycles. The van der Waals surface area contributed by atoms with E-state index in [1.54, 1.807) is 11.6 Å². The lowest BCUT2D eigenvalue weighted by Gasteiger charge is -2.22. The highest BCUT2D eigenvalue weighted by Crippen LogP contribution is 2.24. The Kier molecular flexibility index (Phi) is 6.54. The zero-order valence-corrected chi connectivity index (χ0v) is 18.4. The lowest BCUT2D eigenvalue weighted by molar-refractivity contribution is 0.0926. The van der Waals surface area contributed by atoms with Gasteiger partial charge in [0.15, 0.2) is 0 Å². The van der Waals surface area contributed by atoms with Gasteiger partial charge in [0.05, 0.1) is 11.9 Å². The molecular formula is C24H25N5OS. The van der Waals surface area contributed by atoms with Gasteiger partial charge >= 0.3 is 0 Å². The van der Waals surface area contributed by atoms with Crippen LogP contribution in [0.5, 0.6) is 0 Å². The highest BCUT2D eigenvalue weighted by atomic mass is 32.1. The molecule has 0 aliphatic carbocycles. The van der Waals surface area contributed by atoms with Crippen LogP contribution in [0.1, 0.15) is 16.1 Å². The molecule has 1 atom stereocenters. The third kappa shape index (κ3) is 5.45. The number of benzene rings is 2. The first-order chi connectivity index (χ1) is 15.1. The summed E-state index contributed by atoms with van der Waals surface area (Å²) in [5.74, 6) is -0.152. The van der Waals surface area contributed by atoms with Gasteiger partial charge in [-0.1, -0.05) is 48.5 Å². The summed E-state index contributed by atoms with van der Waals surface area (Å²) in [4.78, 5) is 19.5. The molecule has 31 heavy (non-hydrogen) atoms. The summed E-state index contributed by atoms with van der Waals surface area (Å²) in [6.07, 6.45) is 4.48. The van der Waals surface area contributed by atoms with Crippen molar-refractivity contribution in [2.24, 2.45) is 0 Å². The quantitative estimate of drug-likeness (QED) is 0.460. The number of hydrogen-bond donors (Lipinski definition) is 1. The van der Waals surface area contributed by atoms with E-state index >= 15 is 0 Å². The molecule has 0 saturated heterocycles. The maximum atomic E-state index is 12.9. The Bertz CT molecular complexity index is 1120. The topological polar surface area (TPSA) is 63.1 Å². The van der Waals surface area contributed by atoms with Gasteiger partial charge in [-0.2, -0.15) is 5.10 Å². The average molecular weight is 432 g/mol. The Labute approximate surface area is 186 Å². The first kappa shape index (κ1) is 21.0. The van der Waals surface area contributed by atoms with Gasteiger partial charge in [-0.25, -0.2) is 9.67 Å². The van der Waals surface area contributed by atoms with Crippen LogP contribution in [0, 0.1) is 0 Å². The van der Waals surface area contributed by atoms with Crippen molar-refractivity contribution >= 4 is 17.2 Å². The number of rotatable bonds is 8. The summed E-state index contributed by atoms with van der Waals surface area (Å²) in [7, 11) is 4.02. The zero-order valence-electron chi connectivity index (χ0n) is 17.6. The van der Waals surface area contributed by atoms with Crippen LogP contribution in [-0.2, 0) is 6.42 Å². The summed E-state index contributed by atoms with van der Waals surface area (Å²) in [5.41, 5.74) is 3.50. The summed E-state index contributed by atoms with van der Waals surface area (Å²) < 4.78 is 1.81. The lowest BCUT2D eigenvalue weighted by Crippen LogP contribution is -2.43. The Balaban J connectivity index is 1.46. The normalized spacial score (nSPS) is 12.1. The van der Waals surface area contributed by atoms with E-state index in [9.17, 15) is 4.79 Å². The van der Waals surface area contributed by atoms with Crippen molar-refractivity contribution in [1.29, 1.82) is 0 Å². The molecule has 2 aromatic carbocycles. The maximum Gasteiger partial charge on any atom is 0.271 e. The predicted octanol–water partition coefficient (Wildman–Crippen LogP) is 3.90. The highest BCUT2D eigenvalue weighted by Gasteiger charge is 2.18. The first-order valence-electron chi connectivity index (χ1n) is 10.1. The number of hydrogen-bond acceptors (Lipinski definition) is 5. The van der Waals surface area contributed by atoms with Crippen LogP contribution in [0.3, 0.4) is 0 Å². The monoisotopic (exact) mass is 431 g/mol. The second-order valence-electron chi connectivity index (χ2n) is 7.67. The lowest BCUT2D eigenvalue weighted by atomic mass is 10.1. The van der Waals surface area contributed by atoms with Gasteiger partial charge in [0, 0.05) is 29.7 Å². The minimum atomic E-state index is -0.152. The average Bonchev–Trinajstić information content (AvgIpc) is 3.44. The minimum Gasteiger partial charge on any atom is -0.346 e. The third-order valence-corrected chi connectivity index (χ3v) is 5.72. The molecular weight excluding hydrogens is 406 g/mol. The van der Waals surface area contributed by atoms with E-state index in [0.717, 1.165) is 29.2 Å². The number of carbonyl (C=O) groups excluding carboxylic acids is 1. The summed E-state index contributed by atoms with van der Waals surface area (Å²) in [6.45, 7) is 0.751. The van der Waals surface area contributed by atoms with Crippen molar-refractivity contribution in [1.82, 2.24) is 25.0 Å². The number of carbonyl (C=O) groups is 1. The molecule has 4 aromatic rings. The van der Waals surface area contributed by atoms with Crippen LogP contribution in [0.4, 0.5) is 0 Å². The molecule has 6 nitrogen and oxygen atoms in total. The third-order valence-electron chi connectivity index (χ3n) is 4.83. The second-order valence-corrected chi connectivity index (χ2v) is 8.53. The van der Waals surface area contributed by atoms with Crippen molar-refractivity contribution in [3.63, 3.8) is 0 Å². The van der Waals surface area contributed by atoms with Crippen molar-refractivity contribution < 1.29 is 4.79 Å². The summed E-state index contributed by atoms with van der Waals surface area (Å²) in [6, 6.07) is 20.1. The molecule has 0 saturated carbocycles. The van der Waals surface area contributed by atoms with Crippen LogP contribution in [-0.4, -0.2) is 52.3 Å². The van der Waals surface area contributed by atoms with Gasteiger partial charge in [0.25, 0.3) is 5.91 Å². The number of nitrogens with one attached hydrogen (secondary N) is 1. The van der Waals surface area contributed by atoms with Crippen LogP contribution in [0.2, 0.25) is 0 Å². The van der Waals surface area contributed by atoms with Crippen molar-refractivity contribution in [2.75, 3.05) is 20.6 Å². The molecule has 1 amide bonds. The number of amides is 1. The summed E-state index contributed by atoms with van der Waals surface area (Å²) in [5, 5.41) is 10.2. The molecule has 0 radical (unpaired) electrons. The molecule has 158 valence electrons. The number of para-hydroxylation sites is 1. The minimum absolute atomic E-state index is 0.00381. The number of thiazole rings is 1. The molecule has 1 unspecified atom stereocenters. The second kappa shape index (κ2) is 9.68. The van der Waals surface area contributed by atoms with Crippen molar-refractivity contribution in [3.8, 4) is 16.3 Å². The van der Waals surface area contributed by atoms with Gasteiger partial charge in [-0.3, -0.25) is 4.79 Å². The first-order valence-corrected chi connectivity index (χ1v) is 11.0. The van der Waals surface area contributed by atoms with E-state index in [-0.39, 0.29) is 11.9 Å². The Morgan fingerprint density at radius 1 is 1.10 bits per heavy atom. The molecule has 0 bridgehead atoms. The largest absolute Gasteiger partial charge is 0.346 e.